The van der Waals surface area contributed by atoms with Crippen molar-refractivity contribution in [2.75, 3.05) is 7.11 Å². The molecule has 0 aliphatic carbocycles. The molecule has 0 atom stereocenters. The second kappa shape index (κ2) is 8.29. The van der Waals surface area contributed by atoms with Crippen molar-refractivity contribution in [1.82, 2.24) is 0 Å². The number of benzene rings is 1. The number of carbonyl (C=O) groups excluding carboxylic acids is 1. The molecule has 1 rings (SSSR count). The van der Waals surface area contributed by atoms with Gasteiger partial charge in [-0.2, -0.15) is 10.5 Å². The van der Waals surface area contributed by atoms with Crippen LogP contribution < -0.4 is 0 Å². The third-order valence-electron chi connectivity index (χ3n) is 2.56. The second-order valence-corrected chi connectivity index (χ2v) is 3.86. The van der Waals surface area contributed by atoms with Gasteiger partial charge >= 0.3 is 5.97 Å². The predicted octanol–water partition coefficient (Wildman–Crippen LogP) is 3.24. The Bertz CT molecular complexity index is 599. The summed E-state index contributed by atoms with van der Waals surface area (Å²) < 4.78 is 4.63. The van der Waals surface area contributed by atoms with Crippen LogP contribution in [-0.2, 0) is 4.74 Å². The van der Waals surface area contributed by atoms with Crippen molar-refractivity contribution in [3.8, 4) is 12.1 Å². The van der Waals surface area contributed by atoms with Gasteiger partial charge in [0.05, 0.1) is 37.7 Å². The van der Waals surface area contributed by atoms with Gasteiger partial charge in [0.15, 0.2) is 0 Å². The van der Waals surface area contributed by atoms with Gasteiger partial charge in [0.1, 0.15) is 0 Å². The number of hydrogen-bond acceptors (Lipinski definition) is 4. The van der Waals surface area contributed by atoms with Crippen LogP contribution in [0.3, 0.4) is 0 Å². The molecular weight excluding hydrogens is 252 g/mol. The van der Waals surface area contributed by atoms with E-state index >= 15 is 0 Å². The molecule has 4 heteroatoms. The van der Waals surface area contributed by atoms with Crippen molar-refractivity contribution < 1.29 is 9.53 Å². The minimum absolute atomic E-state index is 0.283. The minimum atomic E-state index is -0.390. The van der Waals surface area contributed by atoms with Crippen molar-refractivity contribution in [2.24, 2.45) is 0 Å². The molecule has 0 amide bonds. The van der Waals surface area contributed by atoms with E-state index in [2.05, 4.69) is 4.74 Å². The van der Waals surface area contributed by atoms with Gasteiger partial charge in [-0.3, -0.25) is 0 Å². The SMILES string of the molecule is COC(=O)c1ccc(C(/C=C\CC#N)=C/CC#N)cc1. The average Bonchev–Trinajstić information content (AvgIpc) is 2.50. The Balaban J connectivity index is 3.00. The van der Waals surface area contributed by atoms with E-state index in [4.69, 9.17) is 10.5 Å². The van der Waals surface area contributed by atoms with Gasteiger partial charge in [0.25, 0.3) is 0 Å². The fourth-order valence-electron chi connectivity index (χ4n) is 1.59. The maximum atomic E-state index is 11.3. The van der Waals surface area contributed by atoms with E-state index in [1.54, 1.807) is 42.5 Å². The van der Waals surface area contributed by atoms with Gasteiger partial charge in [-0.1, -0.05) is 30.4 Å². The van der Waals surface area contributed by atoms with E-state index in [-0.39, 0.29) is 12.4 Å². The van der Waals surface area contributed by atoms with E-state index in [0.717, 1.165) is 11.1 Å². The highest BCUT2D eigenvalue weighted by Gasteiger charge is 2.05. The third kappa shape index (κ3) is 4.44. The summed E-state index contributed by atoms with van der Waals surface area (Å²) in [6, 6.07) is 11.0. The molecule has 0 N–H and O–H groups in total. The quantitative estimate of drug-likeness (QED) is 0.605. The summed E-state index contributed by atoms with van der Waals surface area (Å²) in [7, 11) is 1.33. The van der Waals surface area contributed by atoms with Gasteiger partial charge in [0.2, 0.25) is 0 Å². The highest BCUT2D eigenvalue weighted by molar-refractivity contribution is 5.90. The lowest BCUT2D eigenvalue weighted by Gasteiger charge is -2.04. The Morgan fingerprint density at radius 3 is 2.30 bits per heavy atom. The molecule has 0 heterocycles. The Morgan fingerprint density at radius 2 is 1.75 bits per heavy atom. The molecule has 0 aromatic heterocycles. The Hall–Kier alpha value is -2.85. The number of nitriles is 2. The van der Waals surface area contributed by atoms with Crippen LogP contribution in [0.1, 0.15) is 28.8 Å². The lowest BCUT2D eigenvalue weighted by atomic mass is 10.0. The first-order chi connectivity index (χ1) is 9.72. The van der Waals surface area contributed by atoms with E-state index in [1.807, 2.05) is 12.1 Å². The van der Waals surface area contributed by atoms with E-state index in [0.29, 0.717) is 12.0 Å². The van der Waals surface area contributed by atoms with Crippen molar-refractivity contribution >= 4 is 11.5 Å². The minimum Gasteiger partial charge on any atom is -0.465 e. The van der Waals surface area contributed by atoms with Gasteiger partial charge in [-0.05, 0) is 23.3 Å². The summed E-state index contributed by atoms with van der Waals surface area (Å²) in [5.74, 6) is -0.390. The predicted molar refractivity (Wildman–Crippen MR) is 75.4 cm³/mol. The maximum Gasteiger partial charge on any atom is 0.337 e. The largest absolute Gasteiger partial charge is 0.465 e. The number of nitrogens with zero attached hydrogens (tertiary/aromatic N) is 2. The second-order valence-electron chi connectivity index (χ2n) is 3.86. The maximum absolute atomic E-state index is 11.3. The van der Waals surface area contributed by atoms with Crippen molar-refractivity contribution in [1.29, 1.82) is 10.5 Å². The Kier molecular flexibility index (Phi) is 6.30. The Labute approximate surface area is 118 Å². The van der Waals surface area contributed by atoms with Gasteiger partial charge in [-0.25, -0.2) is 4.79 Å². The van der Waals surface area contributed by atoms with Crippen molar-refractivity contribution in [3.05, 3.63) is 53.6 Å². The van der Waals surface area contributed by atoms with Gasteiger partial charge in [0, 0.05) is 0 Å². The van der Waals surface area contributed by atoms with Crippen molar-refractivity contribution in [2.45, 2.75) is 12.8 Å². The summed E-state index contributed by atoms with van der Waals surface area (Å²) in [6.45, 7) is 0. The van der Waals surface area contributed by atoms with E-state index in [1.165, 1.54) is 7.11 Å². The number of methoxy groups -OCH3 is 1. The molecular formula is C16H14N2O2. The van der Waals surface area contributed by atoms with Crippen molar-refractivity contribution in [3.63, 3.8) is 0 Å². The third-order valence-corrected chi connectivity index (χ3v) is 2.56. The molecule has 0 fully saturated rings. The molecule has 0 spiro atoms. The zero-order valence-corrected chi connectivity index (χ0v) is 11.2. The van der Waals surface area contributed by atoms with Crippen LogP contribution >= 0.6 is 0 Å². The highest BCUT2D eigenvalue weighted by Crippen LogP contribution is 2.18. The molecule has 100 valence electrons. The fraction of sp³-hybridized carbons (Fsp3) is 0.188. The first-order valence-corrected chi connectivity index (χ1v) is 6.02. The zero-order valence-electron chi connectivity index (χ0n) is 11.2. The molecule has 0 unspecified atom stereocenters. The molecule has 0 saturated carbocycles. The molecule has 0 saturated heterocycles. The van der Waals surface area contributed by atoms with E-state index < -0.39 is 0 Å². The first kappa shape index (κ1) is 15.2. The normalized spacial score (nSPS) is 10.8. The van der Waals surface area contributed by atoms with Crippen LogP contribution in [0, 0.1) is 22.7 Å². The number of rotatable bonds is 5. The first-order valence-electron chi connectivity index (χ1n) is 6.02. The molecule has 0 radical (unpaired) electrons. The average molecular weight is 266 g/mol. The molecule has 0 aliphatic heterocycles. The number of esters is 1. The van der Waals surface area contributed by atoms with Crippen LogP contribution in [0.15, 0.2) is 42.5 Å². The molecule has 4 nitrogen and oxygen atoms in total. The standard InChI is InChI=1S/C16H14N2O2/c1-20-16(19)15-9-7-14(8-10-15)13(6-4-12-18)5-2-3-11-17/h2,5-10H,3-4H2,1H3/b5-2-,13-6+. The smallest absolute Gasteiger partial charge is 0.337 e. The topological polar surface area (TPSA) is 73.9 Å². The zero-order chi connectivity index (χ0) is 14.8. The fourth-order valence-corrected chi connectivity index (χ4v) is 1.59. The number of ether oxygens (including phenoxy) is 1. The lowest BCUT2D eigenvalue weighted by Crippen LogP contribution is -2.00. The lowest BCUT2D eigenvalue weighted by molar-refractivity contribution is 0.0600. The highest BCUT2D eigenvalue weighted by atomic mass is 16.5. The van der Waals surface area contributed by atoms with Crippen LogP contribution in [0.4, 0.5) is 0 Å². The van der Waals surface area contributed by atoms with Crippen LogP contribution in [0.25, 0.3) is 5.57 Å². The van der Waals surface area contributed by atoms with Crippen LogP contribution in [0.5, 0.6) is 0 Å². The molecule has 20 heavy (non-hydrogen) atoms. The van der Waals surface area contributed by atoms with Gasteiger partial charge < -0.3 is 4.74 Å². The monoisotopic (exact) mass is 266 g/mol. The summed E-state index contributed by atoms with van der Waals surface area (Å²) in [5, 5.41) is 17.2. The summed E-state index contributed by atoms with van der Waals surface area (Å²) >= 11 is 0. The Morgan fingerprint density at radius 1 is 1.15 bits per heavy atom. The molecule has 0 bridgehead atoms. The summed E-state index contributed by atoms with van der Waals surface area (Å²) in [5.41, 5.74) is 2.19. The number of carbonyl (C=O) groups is 1. The van der Waals surface area contributed by atoms with Gasteiger partial charge in [-0.15, -0.1) is 0 Å². The summed E-state index contributed by atoms with van der Waals surface area (Å²) in [6.07, 6.45) is 5.90. The molecule has 1 aromatic rings. The molecule has 0 aliphatic rings. The summed E-state index contributed by atoms with van der Waals surface area (Å²) in [4.78, 5) is 11.3. The molecule has 1 aromatic carbocycles. The number of hydrogen-bond donors (Lipinski definition) is 0. The van der Waals surface area contributed by atoms with Crippen LogP contribution in [-0.4, -0.2) is 13.1 Å². The van der Waals surface area contributed by atoms with Crippen LogP contribution in [0.2, 0.25) is 0 Å². The number of allylic oxidation sites excluding steroid dienone is 4. The van der Waals surface area contributed by atoms with E-state index in [9.17, 15) is 4.79 Å².